The summed E-state index contributed by atoms with van der Waals surface area (Å²) in [6.07, 6.45) is 1.89. The molecule has 1 amide bonds. The van der Waals surface area contributed by atoms with Gasteiger partial charge in [0.15, 0.2) is 0 Å². The van der Waals surface area contributed by atoms with Gasteiger partial charge in [-0.05, 0) is 55.2 Å². The molecule has 0 aliphatic carbocycles. The third-order valence-corrected chi connectivity index (χ3v) is 6.64. The molecule has 158 valence electrons. The first-order valence-electron chi connectivity index (χ1n) is 11.1. The summed E-state index contributed by atoms with van der Waals surface area (Å²) in [6.45, 7) is 7.67. The lowest BCUT2D eigenvalue weighted by Crippen LogP contribution is -2.46. The van der Waals surface area contributed by atoms with Crippen LogP contribution in [0.25, 0.3) is 0 Å². The number of benzene rings is 2. The summed E-state index contributed by atoms with van der Waals surface area (Å²) in [4.78, 5) is 22.0. The minimum atomic E-state index is -0.0779. The van der Waals surface area contributed by atoms with Crippen LogP contribution in [0, 0.1) is 24.2 Å². The molecule has 0 spiro atoms. The largest absolute Gasteiger partial charge is 0.369 e. The summed E-state index contributed by atoms with van der Waals surface area (Å²) in [5, 5.41) is 12.2. The number of amides is 1. The van der Waals surface area contributed by atoms with E-state index in [2.05, 4.69) is 57.4 Å². The van der Waals surface area contributed by atoms with Crippen LogP contribution >= 0.6 is 0 Å². The van der Waals surface area contributed by atoms with Crippen molar-refractivity contribution in [2.24, 2.45) is 10.9 Å². The lowest BCUT2D eigenvalue weighted by molar-refractivity contribution is -0.118. The molecule has 5 rings (SSSR count). The average molecular weight is 414 g/mol. The number of rotatable bonds is 3. The highest BCUT2D eigenvalue weighted by molar-refractivity contribution is 6.23. The van der Waals surface area contributed by atoms with E-state index in [0.717, 1.165) is 74.6 Å². The first-order chi connectivity index (χ1) is 15.1. The van der Waals surface area contributed by atoms with E-state index in [1.165, 1.54) is 11.3 Å². The summed E-state index contributed by atoms with van der Waals surface area (Å²) in [5.41, 5.74) is 7.28. The van der Waals surface area contributed by atoms with Gasteiger partial charge in [0.05, 0.1) is 28.9 Å². The van der Waals surface area contributed by atoms with Crippen LogP contribution in [0.15, 0.2) is 41.4 Å². The fourth-order valence-corrected chi connectivity index (χ4v) is 4.99. The Kier molecular flexibility index (Phi) is 5.21. The van der Waals surface area contributed by atoms with E-state index in [9.17, 15) is 4.79 Å². The van der Waals surface area contributed by atoms with Crippen molar-refractivity contribution in [1.82, 2.24) is 4.90 Å². The van der Waals surface area contributed by atoms with Crippen molar-refractivity contribution in [2.45, 2.75) is 26.3 Å². The predicted octanol–water partition coefficient (Wildman–Crippen LogP) is 3.34. The maximum Gasteiger partial charge on any atom is 0.233 e. The number of nitrogens with zero attached hydrogens (tertiary/aromatic N) is 4. The van der Waals surface area contributed by atoms with Crippen molar-refractivity contribution in [2.75, 3.05) is 42.9 Å². The van der Waals surface area contributed by atoms with E-state index < -0.39 is 0 Å². The number of hydrogen-bond donors (Lipinski definition) is 1. The molecule has 31 heavy (non-hydrogen) atoms. The first-order valence-corrected chi connectivity index (χ1v) is 11.1. The molecule has 0 aromatic heterocycles. The minimum Gasteiger partial charge on any atom is -0.369 e. The van der Waals surface area contributed by atoms with Gasteiger partial charge in [-0.2, -0.15) is 5.26 Å². The van der Waals surface area contributed by atoms with Crippen LogP contribution in [0.3, 0.4) is 0 Å². The molecule has 2 aromatic rings. The van der Waals surface area contributed by atoms with Gasteiger partial charge < -0.3 is 10.2 Å². The van der Waals surface area contributed by atoms with Gasteiger partial charge in [-0.15, -0.1) is 0 Å². The third kappa shape index (κ3) is 3.82. The smallest absolute Gasteiger partial charge is 0.233 e. The Balaban J connectivity index is 1.25. The van der Waals surface area contributed by atoms with Gasteiger partial charge in [0.2, 0.25) is 5.91 Å². The van der Waals surface area contributed by atoms with E-state index in [1.54, 1.807) is 0 Å². The van der Waals surface area contributed by atoms with Crippen LogP contribution in [-0.4, -0.2) is 49.2 Å². The second-order valence-corrected chi connectivity index (χ2v) is 8.71. The van der Waals surface area contributed by atoms with Gasteiger partial charge in [-0.3, -0.25) is 14.7 Å². The van der Waals surface area contributed by atoms with E-state index in [1.807, 2.05) is 12.1 Å². The van der Waals surface area contributed by atoms with Crippen molar-refractivity contribution in [3.8, 4) is 6.07 Å². The van der Waals surface area contributed by atoms with Crippen LogP contribution in [-0.2, 0) is 11.3 Å². The molecular formula is C25H27N5O. The van der Waals surface area contributed by atoms with Gasteiger partial charge in [0.1, 0.15) is 0 Å². The quantitative estimate of drug-likeness (QED) is 0.838. The summed E-state index contributed by atoms with van der Waals surface area (Å²) in [5.74, 6) is 0.0142. The molecule has 1 unspecified atom stereocenters. The second kappa shape index (κ2) is 8.16. The fraction of sp³-hybridized carbons (Fsp3) is 0.400. The molecule has 1 N–H and O–H groups in total. The summed E-state index contributed by atoms with van der Waals surface area (Å²) >= 11 is 0. The number of carbonyl (C=O) groups is 1. The SMILES string of the molecule is Cc1cc(C#N)ccc1N1CCN(Cc2ccc3c(c2)NC(=O)C2CCCN=C32)CC1. The Morgan fingerprint density at radius 3 is 2.77 bits per heavy atom. The van der Waals surface area contributed by atoms with Gasteiger partial charge in [-0.1, -0.05) is 12.1 Å². The van der Waals surface area contributed by atoms with E-state index in [0.29, 0.717) is 5.56 Å². The number of fused-ring (bicyclic) bond motifs is 3. The highest BCUT2D eigenvalue weighted by Crippen LogP contribution is 2.32. The summed E-state index contributed by atoms with van der Waals surface area (Å²) in [7, 11) is 0. The van der Waals surface area contributed by atoms with Crippen molar-refractivity contribution >= 4 is 23.0 Å². The number of anilines is 2. The van der Waals surface area contributed by atoms with E-state index in [-0.39, 0.29) is 11.8 Å². The molecule has 1 atom stereocenters. The minimum absolute atomic E-state index is 0.0779. The van der Waals surface area contributed by atoms with Crippen molar-refractivity contribution < 1.29 is 4.79 Å². The lowest BCUT2D eigenvalue weighted by Gasteiger charge is -2.37. The maximum atomic E-state index is 12.5. The van der Waals surface area contributed by atoms with E-state index in [4.69, 9.17) is 5.26 Å². The standard InChI is InChI=1S/C25H27N5O/c1-17-13-18(15-26)5-7-23(17)30-11-9-29(10-12-30)16-19-4-6-20-22(14-19)28-25(31)21-3-2-8-27-24(20)21/h4-7,13-14,21H,2-3,8-12,16H2,1H3,(H,28,31). The topological polar surface area (TPSA) is 71.7 Å². The predicted molar refractivity (Wildman–Crippen MR) is 123 cm³/mol. The summed E-state index contributed by atoms with van der Waals surface area (Å²) in [6, 6.07) is 14.6. The Hall–Kier alpha value is -3.17. The van der Waals surface area contributed by atoms with Gasteiger partial charge in [0.25, 0.3) is 0 Å². The number of carbonyl (C=O) groups excluding carboxylic acids is 1. The fourth-order valence-electron chi connectivity index (χ4n) is 4.99. The number of aryl methyl sites for hydroxylation is 1. The van der Waals surface area contributed by atoms with Crippen molar-refractivity contribution in [3.05, 3.63) is 58.7 Å². The monoisotopic (exact) mass is 413 g/mol. The molecule has 0 bridgehead atoms. The van der Waals surface area contributed by atoms with Gasteiger partial charge in [0, 0.05) is 50.5 Å². The Morgan fingerprint density at radius 1 is 1.16 bits per heavy atom. The van der Waals surface area contributed by atoms with Crippen molar-refractivity contribution in [3.63, 3.8) is 0 Å². The zero-order valence-electron chi connectivity index (χ0n) is 17.9. The number of nitriles is 1. The van der Waals surface area contributed by atoms with Crippen LogP contribution in [0.5, 0.6) is 0 Å². The molecular weight excluding hydrogens is 386 g/mol. The maximum absolute atomic E-state index is 12.5. The highest BCUT2D eigenvalue weighted by Gasteiger charge is 2.33. The molecule has 6 heteroatoms. The molecule has 3 aliphatic heterocycles. The zero-order valence-corrected chi connectivity index (χ0v) is 17.9. The summed E-state index contributed by atoms with van der Waals surface area (Å²) < 4.78 is 0. The lowest BCUT2D eigenvalue weighted by atomic mass is 9.85. The second-order valence-electron chi connectivity index (χ2n) is 8.71. The molecule has 3 aliphatic rings. The first kappa shape index (κ1) is 19.8. The Bertz CT molecular complexity index is 1090. The normalized spacial score (nSPS) is 20.9. The number of aliphatic imine (C=N–C) groups is 1. The van der Waals surface area contributed by atoms with Crippen LogP contribution < -0.4 is 10.2 Å². The number of nitrogens with one attached hydrogen (secondary N) is 1. The average Bonchev–Trinajstić information content (AvgIpc) is 2.80. The Labute approximate surface area is 183 Å². The van der Waals surface area contributed by atoms with E-state index >= 15 is 0 Å². The molecule has 1 saturated heterocycles. The van der Waals surface area contributed by atoms with Crippen LogP contribution in [0.2, 0.25) is 0 Å². The highest BCUT2D eigenvalue weighted by atomic mass is 16.2. The van der Waals surface area contributed by atoms with Crippen LogP contribution in [0.1, 0.15) is 35.1 Å². The van der Waals surface area contributed by atoms with Gasteiger partial charge >= 0.3 is 0 Å². The molecule has 2 aromatic carbocycles. The molecule has 6 nitrogen and oxygen atoms in total. The Morgan fingerprint density at radius 2 is 2.00 bits per heavy atom. The van der Waals surface area contributed by atoms with Crippen molar-refractivity contribution in [1.29, 1.82) is 5.26 Å². The number of piperazine rings is 1. The molecule has 3 heterocycles. The zero-order chi connectivity index (χ0) is 21.4. The van der Waals surface area contributed by atoms with Crippen LogP contribution in [0.4, 0.5) is 11.4 Å². The molecule has 1 fully saturated rings. The number of hydrogen-bond acceptors (Lipinski definition) is 5. The third-order valence-electron chi connectivity index (χ3n) is 6.64. The van der Waals surface area contributed by atoms with Gasteiger partial charge in [-0.25, -0.2) is 0 Å². The molecule has 0 saturated carbocycles. The molecule has 0 radical (unpaired) electrons.